The van der Waals surface area contributed by atoms with Crippen molar-refractivity contribution in [3.63, 3.8) is 0 Å². The summed E-state index contributed by atoms with van der Waals surface area (Å²) in [5.74, 6) is 0.680. The van der Waals surface area contributed by atoms with E-state index in [1.165, 1.54) is 94.7 Å². The third-order valence-corrected chi connectivity index (χ3v) is 18.8. The van der Waals surface area contributed by atoms with Gasteiger partial charge >= 0.3 is 11.9 Å². The number of carbonyl (C=O) groups excluding carboxylic acids is 2. The topological polar surface area (TPSA) is 252 Å². The molecule has 0 aromatic heterocycles. The highest BCUT2D eigenvalue weighted by atomic mass is 32.2. The first kappa shape index (κ1) is 73.8. The van der Waals surface area contributed by atoms with Crippen LogP contribution in [-0.4, -0.2) is 78.3 Å². The average Bonchev–Trinajstić information content (AvgIpc) is 0.746. The van der Waals surface area contributed by atoms with Gasteiger partial charge in [-0.2, -0.15) is 16.8 Å². The Morgan fingerprint density at radius 3 is 1.65 bits per heavy atom. The van der Waals surface area contributed by atoms with Gasteiger partial charge in [-0.3, -0.25) is 14.1 Å². The first-order valence-corrected chi connectivity index (χ1v) is 36.3. The molecule has 2 heterocycles. The molecule has 6 N–H and O–H groups in total. The molecule has 6 aromatic rings. The SMILES string of the molecule is CCCCCCCCCCCCc1ccc(Oc2ccccc2S(=O)(=O)O)cc1S(=O)(=O)O.CCN=c1cc2oc3cc(NCC)c(C)cc3c(-c3ccccc3C(=O)OC)c-2cc1C.CC[NH+]=c1cc2oc3cc([NH2+]CC)c(C)cc3c(-c3ccccc3C(=O)OC)c-2cc1C. The summed E-state index contributed by atoms with van der Waals surface area (Å²) in [6, 6.07) is 41.6. The fraction of sp³-hybridized carbons (Fsp3) is 0.333. The Kier molecular flexibility index (Phi) is 26.1. The number of benzene rings is 8. The lowest BCUT2D eigenvalue weighted by molar-refractivity contribution is -0.568. The number of esters is 2. The number of rotatable bonds is 25. The summed E-state index contributed by atoms with van der Waals surface area (Å²) in [4.78, 5) is 32.6. The van der Waals surface area contributed by atoms with Gasteiger partial charge in [0.05, 0.1) is 43.3 Å². The second-order valence-corrected chi connectivity index (χ2v) is 26.8. The van der Waals surface area contributed by atoms with Crippen LogP contribution < -0.4 is 31.1 Å². The van der Waals surface area contributed by atoms with Gasteiger partial charge in [0, 0.05) is 87.2 Å². The Morgan fingerprint density at radius 1 is 0.557 bits per heavy atom. The van der Waals surface area contributed by atoms with E-state index in [9.17, 15) is 35.5 Å². The molecule has 10 rings (SSSR count). The van der Waals surface area contributed by atoms with Crippen LogP contribution in [-0.2, 0) is 36.1 Å². The highest BCUT2D eigenvalue weighted by Gasteiger charge is 2.27. The molecule has 97 heavy (non-hydrogen) atoms. The molecule has 17 nitrogen and oxygen atoms in total. The van der Waals surface area contributed by atoms with Gasteiger partial charge in [-0.05, 0) is 151 Å². The van der Waals surface area contributed by atoms with E-state index in [0.29, 0.717) is 29.7 Å². The summed E-state index contributed by atoms with van der Waals surface area (Å²) in [5, 5.41) is 9.50. The molecule has 4 aliphatic rings. The van der Waals surface area contributed by atoms with Crippen LogP contribution in [0.4, 0.5) is 11.4 Å². The molecule has 0 bridgehead atoms. The summed E-state index contributed by atoms with van der Waals surface area (Å²) in [6.45, 7) is 22.1. The zero-order chi connectivity index (χ0) is 70.0. The van der Waals surface area contributed by atoms with Crippen molar-refractivity contribution < 1.29 is 68.9 Å². The van der Waals surface area contributed by atoms with Crippen molar-refractivity contribution >= 4 is 65.5 Å². The quantitative estimate of drug-likeness (QED) is 0.0117. The van der Waals surface area contributed by atoms with Gasteiger partial charge in [0.1, 0.15) is 56.2 Å². The van der Waals surface area contributed by atoms with Crippen LogP contribution in [0, 0.1) is 27.7 Å². The minimum atomic E-state index is -4.52. The van der Waals surface area contributed by atoms with Gasteiger partial charge in [0.15, 0.2) is 0 Å². The van der Waals surface area contributed by atoms with E-state index in [1.807, 2.05) is 68.4 Å². The predicted molar refractivity (Wildman–Crippen MR) is 383 cm³/mol. The van der Waals surface area contributed by atoms with Crippen molar-refractivity contribution in [3.05, 3.63) is 189 Å². The number of methoxy groups -OCH3 is 2. The third kappa shape index (κ3) is 18.4. The Labute approximate surface area is 570 Å². The Bertz CT molecular complexity index is 4540. The molecule has 0 saturated heterocycles. The molecule has 0 saturated carbocycles. The summed E-state index contributed by atoms with van der Waals surface area (Å²) in [7, 11) is -6.19. The maximum Gasteiger partial charge on any atom is 0.338 e. The molecule has 0 atom stereocenters. The Morgan fingerprint density at radius 2 is 1.09 bits per heavy atom. The zero-order valence-electron chi connectivity index (χ0n) is 57.6. The average molecular weight is 1360 g/mol. The number of nitrogens with two attached hydrogens (primary N) is 1. The van der Waals surface area contributed by atoms with Crippen LogP contribution in [0.15, 0.2) is 163 Å². The highest BCUT2D eigenvalue weighted by molar-refractivity contribution is 7.86. The van der Waals surface area contributed by atoms with Crippen molar-refractivity contribution in [2.45, 2.75) is 143 Å². The van der Waals surface area contributed by atoms with Crippen LogP contribution in [0.2, 0.25) is 0 Å². The van der Waals surface area contributed by atoms with Crippen molar-refractivity contribution in [1.82, 2.24) is 0 Å². The van der Waals surface area contributed by atoms with Gasteiger partial charge in [-0.15, -0.1) is 0 Å². The molecule has 0 amide bonds. The molecule has 6 aromatic carbocycles. The number of fused-ring (bicyclic) bond motifs is 4. The third-order valence-electron chi connectivity index (χ3n) is 17.0. The van der Waals surface area contributed by atoms with Crippen molar-refractivity contribution in [2.24, 2.45) is 4.99 Å². The summed E-state index contributed by atoms with van der Waals surface area (Å²) in [5.41, 5.74) is 15.3. The number of quaternary nitrogens is 1. The molecule has 0 fully saturated rings. The number of para-hydroxylation sites is 1. The van der Waals surface area contributed by atoms with Crippen molar-refractivity contribution in [2.75, 3.05) is 45.7 Å². The van der Waals surface area contributed by atoms with Crippen LogP contribution in [0.1, 0.15) is 147 Å². The lowest BCUT2D eigenvalue weighted by atomic mass is 9.89. The number of unbranched alkanes of at least 4 members (excludes halogenated alkanes) is 9. The second kappa shape index (κ2) is 34.3. The second-order valence-electron chi connectivity index (χ2n) is 24.0. The van der Waals surface area contributed by atoms with Crippen LogP contribution >= 0.6 is 0 Å². The van der Waals surface area contributed by atoms with Crippen LogP contribution in [0.5, 0.6) is 11.5 Å². The standard InChI is InChI=1S/2C27H28N2O3.C24H34O7S2/c2*1-6-28-22-14-24-20(12-16(22)3)26(18-10-8-9-11-19(18)27(30)31-5)21-13-17(4)23(29-7-2)15-25(21)32-24;1-2-3-4-5-6-7-8-9-10-11-14-20-17-18-21(19-24(20)33(28,29)30)31-22-15-12-13-16-23(22)32(25,26)27/h2*8-15,28H,6-7H2,1-5H3;12-13,15-19H,2-11,14H2,1H3,(H,25,26,27)(H,28,29,30)/p+2. The molecule has 512 valence electrons. The maximum atomic E-state index is 12.6. The van der Waals surface area contributed by atoms with Gasteiger partial charge in [0.25, 0.3) is 20.2 Å². The number of hydrogen-bond donors (Lipinski definition) is 5. The van der Waals surface area contributed by atoms with Crippen LogP contribution in [0.25, 0.3) is 66.8 Å². The van der Waals surface area contributed by atoms with Gasteiger partial charge in [-0.1, -0.05) is 119 Å². The number of anilines is 1. The molecular weight excluding hydrogens is 1270 g/mol. The molecular formula is C78H92N4O13S2+2. The monoisotopic (exact) mass is 1360 g/mol. The van der Waals surface area contributed by atoms with E-state index < -0.39 is 25.1 Å². The van der Waals surface area contributed by atoms with E-state index in [4.69, 9.17) is 23.0 Å². The maximum absolute atomic E-state index is 12.6. The Balaban J connectivity index is 0.000000186. The van der Waals surface area contributed by atoms with Crippen LogP contribution in [0.3, 0.4) is 0 Å². The summed E-state index contributed by atoms with van der Waals surface area (Å²) in [6.07, 6.45) is 12.1. The van der Waals surface area contributed by atoms with Crippen molar-refractivity contribution in [3.8, 4) is 56.4 Å². The molecule has 0 radical (unpaired) electrons. The Hall–Kier alpha value is -8.98. The zero-order valence-corrected chi connectivity index (χ0v) is 59.2. The number of nitrogens with zero attached hydrogens (tertiary/aromatic N) is 1. The normalized spacial score (nSPS) is 12.0. The molecule has 19 heteroatoms. The van der Waals surface area contributed by atoms with Gasteiger partial charge in [0.2, 0.25) is 5.36 Å². The molecule has 0 spiro atoms. The van der Waals surface area contributed by atoms with E-state index in [0.717, 1.165) is 151 Å². The first-order chi connectivity index (χ1) is 46.6. The minimum absolute atomic E-state index is 0.0329. The molecule has 0 unspecified atom stereocenters. The van der Waals surface area contributed by atoms with Gasteiger partial charge in [-0.25, -0.2) is 14.6 Å². The highest BCUT2D eigenvalue weighted by Crippen LogP contribution is 2.45. The van der Waals surface area contributed by atoms with Gasteiger partial charge < -0.3 is 33.7 Å². The fourth-order valence-electron chi connectivity index (χ4n) is 12.2. The smallest absolute Gasteiger partial charge is 0.338 e. The predicted octanol–water partition coefficient (Wildman–Crippen LogP) is 15.2. The van der Waals surface area contributed by atoms with E-state index in [1.54, 1.807) is 12.1 Å². The summed E-state index contributed by atoms with van der Waals surface area (Å²) < 4.78 is 94.5. The lowest BCUT2D eigenvalue weighted by Gasteiger charge is -2.19. The molecule has 2 aliphatic heterocycles. The largest absolute Gasteiger partial charge is 0.465 e. The number of carbonyl (C=O) groups is 2. The van der Waals surface area contributed by atoms with E-state index in [2.05, 4.69) is 105 Å². The number of ether oxygens (including phenoxy) is 3. The number of hydrogen-bond acceptors (Lipinski definition) is 13. The first-order valence-electron chi connectivity index (χ1n) is 33.5. The number of aryl methyl sites for hydroxylation is 5. The lowest BCUT2D eigenvalue weighted by Crippen LogP contribution is -2.77. The molecule has 2 aliphatic carbocycles. The van der Waals surface area contributed by atoms with E-state index >= 15 is 0 Å². The summed E-state index contributed by atoms with van der Waals surface area (Å²) >= 11 is 0. The van der Waals surface area contributed by atoms with Crippen molar-refractivity contribution in [1.29, 1.82) is 0 Å². The number of nitrogens with one attached hydrogen (secondary N) is 2. The fourth-order valence-corrected chi connectivity index (χ4v) is 13.6. The van der Waals surface area contributed by atoms with E-state index in [-0.39, 0.29) is 28.3 Å². The minimum Gasteiger partial charge on any atom is -0.465 e.